The van der Waals surface area contributed by atoms with Crippen molar-refractivity contribution < 1.29 is 19.0 Å². The molecule has 4 rings (SSSR count). The highest BCUT2D eigenvalue weighted by molar-refractivity contribution is 5.97. The van der Waals surface area contributed by atoms with Crippen LogP contribution in [-0.2, 0) is 17.8 Å². The molecule has 0 radical (unpaired) electrons. The molecule has 2 aliphatic rings. The van der Waals surface area contributed by atoms with Crippen LogP contribution in [0.5, 0.6) is 11.5 Å². The number of carbonyl (C=O) groups excluding carboxylic acids is 1. The van der Waals surface area contributed by atoms with Crippen molar-refractivity contribution in [1.29, 1.82) is 0 Å². The first-order chi connectivity index (χ1) is 12.3. The summed E-state index contributed by atoms with van der Waals surface area (Å²) in [5.41, 5.74) is 1.57. The summed E-state index contributed by atoms with van der Waals surface area (Å²) in [7, 11) is 1.69. The molecule has 1 aromatic heterocycles. The summed E-state index contributed by atoms with van der Waals surface area (Å²) < 4.78 is 18.7. The average molecular weight is 343 g/mol. The number of amides is 1. The standard InChI is InChI=1S/C18H21N3O4/c1-23-11-13-8-20(10-14-7-19-12-21(14)9-13)18(22)15-3-2-4-16-17(15)25-6-5-24-16/h2-4,7,12-13H,5-6,8-11H2,1H3. The number of benzene rings is 1. The minimum absolute atomic E-state index is 0.0573. The Morgan fingerprint density at radius 2 is 2.20 bits per heavy atom. The number of hydrogen-bond acceptors (Lipinski definition) is 5. The molecule has 0 saturated carbocycles. The Labute approximate surface area is 146 Å². The summed E-state index contributed by atoms with van der Waals surface area (Å²) in [4.78, 5) is 19.3. The number of para-hydroxylation sites is 1. The third-order valence-electron chi connectivity index (χ3n) is 4.57. The van der Waals surface area contributed by atoms with Gasteiger partial charge in [0.2, 0.25) is 0 Å². The van der Waals surface area contributed by atoms with Crippen LogP contribution in [0.3, 0.4) is 0 Å². The van der Waals surface area contributed by atoms with Crippen LogP contribution in [0.25, 0.3) is 0 Å². The van der Waals surface area contributed by atoms with Gasteiger partial charge in [-0.3, -0.25) is 4.79 Å². The summed E-state index contributed by atoms with van der Waals surface area (Å²) in [5.74, 6) is 1.32. The van der Waals surface area contributed by atoms with Crippen molar-refractivity contribution >= 4 is 5.91 Å². The lowest BCUT2D eigenvalue weighted by atomic mass is 10.1. The van der Waals surface area contributed by atoms with Crippen molar-refractivity contribution in [3.05, 3.63) is 42.0 Å². The van der Waals surface area contributed by atoms with E-state index in [0.717, 1.165) is 12.2 Å². The highest BCUT2D eigenvalue weighted by Gasteiger charge is 2.29. The van der Waals surface area contributed by atoms with E-state index < -0.39 is 0 Å². The lowest BCUT2D eigenvalue weighted by Crippen LogP contribution is -2.35. The monoisotopic (exact) mass is 343 g/mol. The molecule has 7 nitrogen and oxygen atoms in total. The Bertz CT molecular complexity index is 773. The Morgan fingerprint density at radius 3 is 3.08 bits per heavy atom. The molecule has 132 valence electrons. The van der Waals surface area contributed by atoms with Gasteiger partial charge in [0.25, 0.3) is 5.91 Å². The van der Waals surface area contributed by atoms with Crippen molar-refractivity contribution in [3.8, 4) is 11.5 Å². The zero-order valence-corrected chi connectivity index (χ0v) is 14.2. The molecule has 25 heavy (non-hydrogen) atoms. The molecule has 1 atom stereocenters. The zero-order valence-electron chi connectivity index (χ0n) is 14.2. The fraction of sp³-hybridized carbons (Fsp3) is 0.444. The van der Waals surface area contributed by atoms with Gasteiger partial charge in [-0.05, 0) is 12.1 Å². The molecule has 2 aromatic rings. The van der Waals surface area contributed by atoms with E-state index in [1.54, 1.807) is 13.2 Å². The van der Waals surface area contributed by atoms with E-state index >= 15 is 0 Å². The van der Waals surface area contributed by atoms with Gasteiger partial charge in [0.15, 0.2) is 11.5 Å². The van der Waals surface area contributed by atoms with Crippen LogP contribution in [-0.4, -0.2) is 53.8 Å². The molecule has 1 unspecified atom stereocenters. The second kappa shape index (κ2) is 6.76. The molecule has 3 heterocycles. The third kappa shape index (κ3) is 3.07. The van der Waals surface area contributed by atoms with Crippen LogP contribution in [0.4, 0.5) is 0 Å². The first kappa shape index (κ1) is 16.0. The first-order valence-electron chi connectivity index (χ1n) is 8.42. The highest BCUT2D eigenvalue weighted by atomic mass is 16.6. The van der Waals surface area contributed by atoms with E-state index in [-0.39, 0.29) is 11.8 Å². The van der Waals surface area contributed by atoms with Crippen LogP contribution in [0.15, 0.2) is 30.7 Å². The predicted octanol–water partition coefficient (Wildman–Crippen LogP) is 1.57. The van der Waals surface area contributed by atoms with E-state index in [1.807, 2.05) is 29.6 Å². The van der Waals surface area contributed by atoms with Crippen LogP contribution in [0.1, 0.15) is 16.1 Å². The Hall–Kier alpha value is -2.54. The summed E-state index contributed by atoms with van der Waals surface area (Å²) in [6.45, 7) is 3.48. The van der Waals surface area contributed by atoms with Gasteiger partial charge in [-0.1, -0.05) is 6.07 Å². The van der Waals surface area contributed by atoms with E-state index in [4.69, 9.17) is 14.2 Å². The molecular formula is C18H21N3O4. The van der Waals surface area contributed by atoms with Gasteiger partial charge < -0.3 is 23.7 Å². The van der Waals surface area contributed by atoms with E-state index in [9.17, 15) is 4.79 Å². The largest absolute Gasteiger partial charge is 0.486 e. The van der Waals surface area contributed by atoms with Gasteiger partial charge >= 0.3 is 0 Å². The number of fused-ring (bicyclic) bond motifs is 2. The van der Waals surface area contributed by atoms with Crippen LogP contribution in [0.2, 0.25) is 0 Å². The lowest BCUT2D eigenvalue weighted by Gasteiger charge is -2.26. The second-order valence-electron chi connectivity index (χ2n) is 6.37. The van der Waals surface area contributed by atoms with E-state index in [0.29, 0.717) is 50.0 Å². The second-order valence-corrected chi connectivity index (χ2v) is 6.37. The number of hydrogen-bond donors (Lipinski definition) is 0. The number of rotatable bonds is 3. The smallest absolute Gasteiger partial charge is 0.258 e. The topological polar surface area (TPSA) is 65.8 Å². The molecular weight excluding hydrogens is 322 g/mol. The molecule has 0 bridgehead atoms. The number of nitrogens with zero attached hydrogens (tertiary/aromatic N) is 3. The lowest BCUT2D eigenvalue weighted by molar-refractivity contribution is 0.0658. The van der Waals surface area contributed by atoms with E-state index in [1.165, 1.54) is 0 Å². The van der Waals surface area contributed by atoms with Crippen molar-refractivity contribution in [2.75, 3.05) is 33.5 Å². The van der Waals surface area contributed by atoms with E-state index in [2.05, 4.69) is 9.55 Å². The fourth-order valence-corrected chi connectivity index (χ4v) is 3.46. The molecule has 7 heteroatoms. The van der Waals surface area contributed by atoms with Crippen LogP contribution >= 0.6 is 0 Å². The van der Waals surface area contributed by atoms with Crippen LogP contribution in [0, 0.1) is 5.92 Å². The SMILES string of the molecule is COCC1CN(C(=O)c2cccc3c2OCCO3)Cc2cncn2C1. The van der Waals surface area contributed by atoms with Gasteiger partial charge in [0.05, 0.1) is 30.7 Å². The fourth-order valence-electron chi connectivity index (χ4n) is 3.46. The van der Waals surface area contributed by atoms with Crippen molar-refractivity contribution in [2.45, 2.75) is 13.1 Å². The summed E-state index contributed by atoms with van der Waals surface area (Å²) >= 11 is 0. The van der Waals surface area contributed by atoms with Gasteiger partial charge in [-0.2, -0.15) is 0 Å². The maximum atomic E-state index is 13.2. The normalized spacial score (nSPS) is 19.2. The van der Waals surface area contributed by atoms with Crippen LogP contribution < -0.4 is 9.47 Å². The number of aromatic nitrogens is 2. The minimum Gasteiger partial charge on any atom is -0.486 e. The van der Waals surface area contributed by atoms with Crippen molar-refractivity contribution in [3.63, 3.8) is 0 Å². The number of imidazole rings is 1. The molecule has 0 N–H and O–H groups in total. The first-order valence-corrected chi connectivity index (χ1v) is 8.42. The Kier molecular flexibility index (Phi) is 4.31. The molecule has 0 aliphatic carbocycles. The summed E-state index contributed by atoms with van der Waals surface area (Å²) in [5, 5.41) is 0. The maximum absolute atomic E-state index is 13.2. The van der Waals surface area contributed by atoms with Gasteiger partial charge in [-0.25, -0.2) is 4.98 Å². The zero-order chi connectivity index (χ0) is 17.2. The Morgan fingerprint density at radius 1 is 1.32 bits per heavy atom. The third-order valence-corrected chi connectivity index (χ3v) is 4.57. The van der Waals surface area contributed by atoms with Crippen molar-refractivity contribution in [2.24, 2.45) is 5.92 Å². The number of methoxy groups -OCH3 is 1. The predicted molar refractivity (Wildman–Crippen MR) is 89.8 cm³/mol. The average Bonchev–Trinajstić information content (AvgIpc) is 2.99. The maximum Gasteiger partial charge on any atom is 0.258 e. The quantitative estimate of drug-likeness (QED) is 0.846. The molecule has 2 aliphatic heterocycles. The van der Waals surface area contributed by atoms with Gasteiger partial charge in [-0.15, -0.1) is 0 Å². The molecule has 0 spiro atoms. The van der Waals surface area contributed by atoms with Crippen molar-refractivity contribution in [1.82, 2.24) is 14.5 Å². The molecule has 0 saturated heterocycles. The van der Waals surface area contributed by atoms with Gasteiger partial charge in [0, 0.05) is 32.3 Å². The summed E-state index contributed by atoms with van der Waals surface area (Å²) in [6.07, 6.45) is 3.63. The number of ether oxygens (including phenoxy) is 3. The minimum atomic E-state index is -0.0573. The molecule has 1 amide bonds. The highest BCUT2D eigenvalue weighted by Crippen LogP contribution is 2.34. The number of carbonyl (C=O) groups is 1. The van der Waals surface area contributed by atoms with Gasteiger partial charge in [0.1, 0.15) is 13.2 Å². The molecule has 1 aromatic carbocycles. The molecule has 0 fully saturated rings. The Balaban J connectivity index is 1.65. The summed E-state index contributed by atoms with van der Waals surface area (Å²) in [6, 6.07) is 5.45.